The van der Waals surface area contributed by atoms with Crippen molar-refractivity contribution in [3.63, 3.8) is 0 Å². The van der Waals surface area contributed by atoms with Gasteiger partial charge in [-0.1, -0.05) is 30.3 Å². The van der Waals surface area contributed by atoms with E-state index in [2.05, 4.69) is 10.5 Å². The third-order valence-electron chi connectivity index (χ3n) is 2.79. The van der Waals surface area contributed by atoms with Gasteiger partial charge in [0.2, 0.25) is 5.91 Å². The molecule has 0 fully saturated rings. The summed E-state index contributed by atoms with van der Waals surface area (Å²) in [7, 11) is 0. The quantitative estimate of drug-likeness (QED) is 0.523. The molecule has 0 aliphatic carbocycles. The molecule has 0 heterocycles. The van der Waals surface area contributed by atoms with Crippen LogP contribution in [0, 0.1) is 15.9 Å². The highest BCUT2D eigenvalue weighted by atomic mass is 19.1. The zero-order chi connectivity index (χ0) is 15.9. The third kappa shape index (κ3) is 4.20. The molecule has 0 bridgehead atoms. The maximum Gasteiger partial charge on any atom is 0.273 e. The Hall–Kier alpha value is -3.09. The lowest BCUT2D eigenvalue weighted by molar-refractivity contribution is -0.385. The molecule has 0 saturated carbocycles. The van der Waals surface area contributed by atoms with E-state index in [4.69, 9.17) is 0 Å². The molecule has 1 amide bonds. The largest absolute Gasteiger partial charge is 0.273 e. The molecule has 112 valence electrons. The van der Waals surface area contributed by atoms with Crippen molar-refractivity contribution in [1.82, 2.24) is 5.43 Å². The second-order valence-electron chi connectivity index (χ2n) is 4.41. The number of para-hydroxylation sites is 1. The number of nitrogens with one attached hydrogen (secondary N) is 1. The zero-order valence-electron chi connectivity index (χ0n) is 11.4. The van der Waals surface area contributed by atoms with Gasteiger partial charge in [0.05, 0.1) is 17.6 Å². The first-order valence-electron chi connectivity index (χ1n) is 6.36. The normalized spacial score (nSPS) is 10.6. The fraction of sp³-hybridized carbons (Fsp3) is 0.0667. The molecule has 22 heavy (non-hydrogen) atoms. The predicted molar refractivity (Wildman–Crippen MR) is 78.9 cm³/mol. The summed E-state index contributed by atoms with van der Waals surface area (Å²) in [5.74, 6) is -0.905. The Morgan fingerprint density at radius 2 is 2.05 bits per heavy atom. The highest BCUT2D eigenvalue weighted by Crippen LogP contribution is 2.17. The summed E-state index contributed by atoms with van der Waals surface area (Å²) in [5, 5.41) is 14.5. The number of hydrogen-bond acceptors (Lipinski definition) is 4. The lowest BCUT2D eigenvalue weighted by atomic mass is 10.1. The molecule has 7 heteroatoms. The molecule has 0 unspecified atom stereocenters. The van der Waals surface area contributed by atoms with Crippen molar-refractivity contribution in [3.8, 4) is 0 Å². The van der Waals surface area contributed by atoms with Gasteiger partial charge < -0.3 is 0 Å². The summed E-state index contributed by atoms with van der Waals surface area (Å²) in [4.78, 5) is 22.0. The minimum atomic E-state index is -0.543. The fourth-order valence-corrected chi connectivity index (χ4v) is 1.82. The standard InChI is InChI=1S/C15H12FN3O3/c16-13-6-3-4-11(8-13)10-17-18-15(20)9-12-5-1-2-7-14(12)19(21)22/h1-8,10H,9H2,(H,18,20). The van der Waals surface area contributed by atoms with Crippen molar-refractivity contribution in [1.29, 1.82) is 0 Å². The molecule has 1 N–H and O–H groups in total. The lowest BCUT2D eigenvalue weighted by Gasteiger charge is -2.01. The van der Waals surface area contributed by atoms with Crippen LogP contribution in [0.5, 0.6) is 0 Å². The van der Waals surface area contributed by atoms with E-state index in [9.17, 15) is 19.3 Å². The van der Waals surface area contributed by atoms with Crippen LogP contribution in [0.1, 0.15) is 11.1 Å². The number of carbonyl (C=O) groups excluding carboxylic acids is 1. The Morgan fingerprint density at radius 3 is 2.77 bits per heavy atom. The van der Waals surface area contributed by atoms with Crippen molar-refractivity contribution in [2.24, 2.45) is 5.10 Å². The van der Waals surface area contributed by atoms with Crippen LogP contribution in [0.4, 0.5) is 10.1 Å². The summed E-state index contributed by atoms with van der Waals surface area (Å²) >= 11 is 0. The van der Waals surface area contributed by atoms with Crippen molar-refractivity contribution in [3.05, 3.63) is 75.6 Å². The first-order chi connectivity index (χ1) is 10.6. The Kier molecular flexibility index (Phi) is 4.92. The molecule has 0 aliphatic heterocycles. The number of benzene rings is 2. The SMILES string of the molecule is O=C(Cc1ccccc1[N+](=O)[O-])NN=Cc1cccc(F)c1. The molecule has 6 nitrogen and oxygen atoms in total. The number of carbonyl (C=O) groups is 1. The number of hydrogen-bond donors (Lipinski definition) is 1. The Bertz CT molecular complexity index is 731. The first-order valence-corrected chi connectivity index (χ1v) is 6.36. The van der Waals surface area contributed by atoms with Crippen LogP contribution in [0.3, 0.4) is 0 Å². The Labute approximate surface area is 125 Å². The molecule has 0 aliphatic rings. The number of amides is 1. The van der Waals surface area contributed by atoms with Crippen molar-refractivity contribution in [2.45, 2.75) is 6.42 Å². The second kappa shape index (κ2) is 7.07. The maximum atomic E-state index is 12.9. The molecule has 2 aromatic carbocycles. The van der Waals surface area contributed by atoms with Crippen LogP contribution in [-0.4, -0.2) is 17.0 Å². The van der Waals surface area contributed by atoms with Crippen LogP contribution < -0.4 is 5.43 Å². The Balaban J connectivity index is 1.98. The minimum absolute atomic E-state index is 0.119. The minimum Gasteiger partial charge on any atom is -0.273 e. The van der Waals surface area contributed by atoms with Gasteiger partial charge in [-0.3, -0.25) is 14.9 Å². The number of nitrogens with zero attached hydrogens (tertiary/aromatic N) is 2. The maximum absolute atomic E-state index is 12.9. The smallest absolute Gasteiger partial charge is 0.273 e. The molecule has 0 atom stereocenters. The summed E-state index contributed by atoms with van der Waals surface area (Å²) in [6, 6.07) is 11.7. The van der Waals surface area contributed by atoms with E-state index in [-0.39, 0.29) is 12.1 Å². The molecule has 0 aromatic heterocycles. The van der Waals surface area contributed by atoms with Gasteiger partial charge >= 0.3 is 0 Å². The predicted octanol–water partition coefficient (Wildman–Crippen LogP) is 2.43. The van der Waals surface area contributed by atoms with Crippen LogP contribution in [0.25, 0.3) is 0 Å². The molecule has 0 saturated heterocycles. The molecule has 0 spiro atoms. The van der Waals surface area contributed by atoms with Gasteiger partial charge in [-0.05, 0) is 17.7 Å². The number of rotatable bonds is 5. The number of nitro groups is 1. The van der Waals surface area contributed by atoms with Gasteiger partial charge in [0.25, 0.3) is 5.69 Å². The number of hydrazone groups is 1. The van der Waals surface area contributed by atoms with Gasteiger partial charge in [-0.25, -0.2) is 9.82 Å². The summed E-state index contributed by atoms with van der Waals surface area (Å²) in [5.41, 5.74) is 2.92. The molecular formula is C15H12FN3O3. The van der Waals surface area contributed by atoms with Crippen molar-refractivity contribution < 1.29 is 14.1 Å². The van der Waals surface area contributed by atoms with Gasteiger partial charge in [0.15, 0.2) is 0 Å². The third-order valence-corrected chi connectivity index (χ3v) is 2.79. The average Bonchev–Trinajstić information content (AvgIpc) is 2.47. The molecule has 0 radical (unpaired) electrons. The number of nitro benzene ring substituents is 1. The fourth-order valence-electron chi connectivity index (χ4n) is 1.82. The first kappa shape index (κ1) is 15.3. The van der Waals surface area contributed by atoms with E-state index in [1.54, 1.807) is 12.1 Å². The monoisotopic (exact) mass is 301 g/mol. The molecular weight excluding hydrogens is 289 g/mol. The highest BCUT2D eigenvalue weighted by Gasteiger charge is 2.14. The van der Waals surface area contributed by atoms with Gasteiger partial charge in [-0.2, -0.15) is 5.10 Å². The van der Waals surface area contributed by atoms with E-state index in [0.717, 1.165) is 0 Å². The highest BCUT2D eigenvalue weighted by molar-refractivity contribution is 5.83. The van der Waals surface area contributed by atoms with E-state index < -0.39 is 16.6 Å². The van der Waals surface area contributed by atoms with E-state index in [0.29, 0.717) is 11.1 Å². The summed E-state index contributed by atoms with van der Waals surface area (Å²) in [6.45, 7) is 0. The van der Waals surface area contributed by atoms with Crippen molar-refractivity contribution >= 4 is 17.8 Å². The van der Waals surface area contributed by atoms with E-state index in [1.807, 2.05) is 0 Å². The van der Waals surface area contributed by atoms with Crippen molar-refractivity contribution in [2.75, 3.05) is 0 Å². The van der Waals surface area contributed by atoms with Gasteiger partial charge in [0.1, 0.15) is 5.82 Å². The van der Waals surface area contributed by atoms with Gasteiger partial charge in [0, 0.05) is 11.6 Å². The van der Waals surface area contributed by atoms with Crippen LogP contribution in [-0.2, 0) is 11.2 Å². The number of halogens is 1. The second-order valence-corrected chi connectivity index (χ2v) is 4.41. The summed E-state index contributed by atoms with van der Waals surface area (Å²) in [6.07, 6.45) is 1.12. The molecule has 2 rings (SSSR count). The van der Waals surface area contributed by atoms with Crippen LogP contribution >= 0.6 is 0 Å². The van der Waals surface area contributed by atoms with E-state index in [1.165, 1.54) is 42.6 Å². The molecule has 2 aromatic rings. The summed E-state index contributed by atoms with van der Waals surface area (Å²) < 4.78 is 12.9. The lowest BCUT2D eigenvalue weighted by Crippen LogP contribution is -2.20. The van der Waals surface area contributed by atoms with Crippen LogP contribution in [0.2, 0.25) is 0 Å². The topological polar surface area (TPSA) is 84.6 Å². The van der Waals surface area contributed by atoms with Gasteiger partial charge in [-0.15, -0.1) is 0 Å². The average molecular weight is 301 g/mol. The zero-order valence-corrected chi connectivity index (χ0v) is 11.4. The Morgan fingerprint density at radius 1 is 1.27 bits per heavy atom. The van der Waals surface area contributed by atoms with Crippen LogP contribution in [0.15, 0.2) is 53.6 Å². The van der Waals surface area contributed by atoms with E-state index >= 15 is 0 Å².